The smallest absolute Gasteiger partial charge is 0.225 e. The first-order valence-electron chi connectivity index (χ1n) is 6.87. The average molecular weight is 290 g/mol. The maximum Gasteiger partial charge on any atom is 0.225 e. The molecular weight excluding hydrogens is 266 g/mol. The third-order valence-electron chi connectivity index (χ3n) is 4.01. The first-order chi connectivity index (χ1) is 8.61. The topological polar surface area (TPSA) is 75.4 Å². The van der Waals surface area contributed by atoms with E-state index >= 15 is 0 Å². The number of rotatable bonds is 4. The number of hydrogen-bond donors (Lipinski definition) is 2. The van der Waals surface area contributed by atoms with Crippen molar-refractivity contribution in [3.8, 4) is 0 Å². The lowest BCUT2D eigenvalue weighted by Gasteiger charge is -2.32. The molecule has 0 aromatic rings. The van der Waals surface area contributed by atoms with Gasteiger partial charge in [0.05, 0.1) is 5.92 Å². The Morgan fingerprint density at radius 2 is 2.05 bits per heavy atom. The Balaban J connectivity index is 0.00000180. The van der Waals surface area contributed by atoms with Crippen molar-refractivity contribution >= 4 is 24.2 Å². The molecule has 1 saturated heterocycles. The average Bonchev–Trinajstić information content (AvgIpc) is 3.20. The highest BCUT2D eigenvalue weighted by Gasteiger charge is 2.34. The molecule has 0 bridgehead atoms. The van der Waals surface area contributed by atoms with Gasteiger partial charge in [0.25, 0.3) is 0 Å². The van der Waals surface area contributed by atoms with E-state index in [4.69, 9.17) is 5.73 Å². The monoisotopic (exact) mass is 289 g/mol. The SMILES string of the molecule is CC(=O)N1CCCC(C(=O)NC(CN)C2CC2)C1.Cl. The Hall–Kier alpha value is -0.810. The zero-order valence-corrected chi connectivity index (χ0v) is 12.2. The molecule has 1 saturated carbocycles. The van der Waals surface area contributed by atoms with Crippen molar-refractivity contribution in [3.05, 3.63) is 0 Å². The Morgan fingerprint density at radius 1 is 1.37 bits per heavy atom. The van der Waals surface area contributed by atoms with Crippen LogP contribution in [0.2, 0.25) is 0 Å². The van der Waals surface area contributed by atoms with E-state index < -0.39 is 0 Å². The maximum atomic E-state index is 12.2. The summed E-state index contributed by atoms with van der Waals surface area (Å²) in [5.74, 6) is 0.648. The number of likely N-dealkylation sites (tertiary alicyclic amines) is 1. The van der Waals surface area contributed by atoms with Gasteiger partial charge >= 0.3 is 0 Å². The van der Waals surface area contributed by atoms with Crippen LogP contribution in [0.15, 0.2) is 0 Å². The number of amides is 2. The number of hydrogen-bond acceptors (Lipinski definition) is 3. The summed E-state index contributed by atoms with van der Waals surface area (Å²) in [4.78, 5) is 25.3. The van der Waals surface area contributed by atoms with Crippen LogP contribution in [0.4, 0.5) is 0 Å². The summed E-state index contributed by atoms with van der Waals surface area (Å²) in [5, 5.41) is 3.06. The zero-order chi connectivity index (χ0) is 13.1. The lowest BCUT2D eigenvalue weighted by Crippen LogP contribution is -2.49. The molecule has 1 aliphatic heterocycles. The van der Waals surface area contributed by atoms with E-state index in [1.54, 1.807) is 11.8 Å². The van der Waals surface area contributed by atoms with Crippen LogP contribution in [0.25, 0.3) is 0 Å². The van der Waals surface area contributed by atoms with Crippen molar-refractivity contribution < 1.29 is 9.59 Å². The third-order valence-corrected chi connectivity index (χ3v) is 4.01. The third kappa shape index (κ3) is 4.35. The number of nitrogens with zero attached hydrogens (tertiary/aromatic N) is 1. The molecule has 0 radical (unpaired) electrons. The van der Waals surface area contributed by atoms with E-state index in [1.165, 1.54) is 12.8 Å². The Morgan fingerprint density at radius 3 is 2.58 bits per heavy atom. The largest absolute Gasteiger partial charge is 0.352 e. The second-order valence-corrected chi connectivity index (χ2v) is 5.49. The van der Waals surface area contributed by atoms with E-state index in [9.17, 15) is 9.59 Å². The van der Waals surface area contributed by atoms with Crippen molar-refractivity contribution in [2.24, 2.45) is 17.6 Å². The van der Waals surface area contributed by atoms with Crippen molar-refractivity contribution in [1.29, 1.82) is 0 Å². The van der Waals surface area contributed by atoms with Gasteiger partial charge in [-0.15, -0.1) is 12.4 Å². The molecule has 2 rings (SSSR count). The molecule has 2 unspecified atom stereocenters. The quantitative estimate of drug-likeness (QED) is 0.792. The van der Waals surface area contributed by atoms with Crippen LogP contribution >= 0.6 is 12.4 Å². The fraction of sp³-hybridized carbons (Fsp3) is 0.846. The minimum Gasteiger partial charge on any atom is -0.352 e. The van der Waals surface area contributed by atoms with Gasteiger partial charge in [0.2, 0.25) is 11.8 Å². The van der Waals surface area contributed by atoms with Crippen molar-refractivity contribution in [3.63, 3.8) is 0 Å². The Labute approximate surface area is 120 Å². The minimum atomic E-state index is -0.0598. The zero-order valence-electron chi connectivity index (χ0n) is 11.4. The van der Waals surface area contributed by atoms with Gasteiger partial charge in [-0.2, -0.15) is 0 Å². The summed E-state index contributed by atoms with van der Waals surface area (Å²) in [7, 11) is 0. The first-order valence-corrected chi connectivity index (χ1v) is 6.87. The first kappa shape index (κ1) is 16.2. The predicted octanol–water partition coefficient (Wildman–Crippen LogP) is 0.520. The van der Waals surface area contributed by atoms with Gasteiger partial charge in [-0.3, -0.25) is 9.59 Å². The summed E-state index contributed by atoms with van der Waals surface area (Å²) < 4.78 is 0. The van der Waals surface area contributed by atoms with Crippen LogP contribution in [0.1, 0.15) is 32.6 Å². The molecule has 0 aromatic heterocycles. The van der Waals surface area contributed by atoms with E-state index in [2.05, 4.69) is 5.32 Å². The van der Waals surface area contributed by atoms with Crippen LogP contribution in [-0.2, 0) is 9.59 Å². The molecular formula is C13H24ClN3O2. The normalized spacial score (nSPS) is 24.3. The summed E-state index contributed by atoms with van der Waals surface area (Å²) in [6.07, 6.45) is 4.13. The Bertz CT molecular complexity index is 334. The number of carbonyl (C=O) groups is 2. The second-order valence-electron chi connectivity index (χ2n) is 5.49. The van der Waals surface area contributed by atoms with Crippen molar-refractivity contribution in [2.45, 2.75) is 38.6 Å². The van der Waals surface area contributed by atoms with Gasteiger partial charge in [0.1, 0.15) is 0 Å². The van der Waals surface area contributed by atoms with Gasteiger partial charge in [0, 0.05) is 32.6 Å². The molecule has 0 spiro atoms. The molecule has 110 valence electrons. The summed E-state index contributed by atoms with van der Waals surface area (Å²) in [6.45, 7) is 3.41. The minimum absolute atomic E-state index is 0. The standard InChI is InChI=1S/C13H23N3O2.ClH/c1-9(17)16-6-2-3-11(8-16)13(18)15-12(7-14)10-4-5-10;/h10-12H,2-8,14H2,1H3,(H,15,18);1H. The highest BCUT2D eigenvalue weighted by molar-refractivity contribution is 5.85. The van der Waals surface area contributed by atoms with Gasteiger partial charge in [0.15, 0.2) is 0 Å². The van der Waals surface area contributed by atoms with Crippen LogP contribution in [0.3, 0.4) is 0 Å². The number of piperidine rings is 1. The number of nitrogens with two attached hydrogens (primary N) is 1. The summed E-state index contributed by atoms with van der Waals surface area (Å²) in [5.41, 5.74) is 5.69. The number of nitrogens with one attached hydrogen (secondary N) is 1. The molecule has 2 fully saturated rings. The molecule has 3 N–H and O–H groups in total. The van der Waals surface area contributed by atoms with Gasteiger partial charge < -0.3 is 16.0 Å². The molecule has 6 heteroatoms. The van der Waals surface area contributed by atoms with Gasteiger partial charge in [-0.25, -0.2) is 0 Å². The molecule has 2 amide bonds. The lowest BCUT2D eigenvalue weighted by molar-refractivity contribution is -0.134. The molecule has 1 aliphatic carbocycles. The highest BCUT2D eigenvalue weighted by atomic mass is 35.5. The summed E-state index contributed by atoms with van der Waals surface area (Å²) in [6, 6.07) is 0.130. The van der Waals surface area contributed by atoms with E-state index in [-0.39, 0.29) is 36.2 Å². The lowest BCUT2D eigenvalue weighted by atomic mass is 9.96. The van der Waals surface area contributed by atoms with Crippen molar-refractivity contribution in [2.75, 3.05) is 19.6 Å². The molecule has 1 heterocycles. The Kier molecular flexibility index (Phi) is 6.07. The number of halogens is 1. The highest BCUT2D eigenvalue weighted by Crippen LogP contribution is 2.32. The number of carbonyl (C=O) groups excluding carboxylic acids is 2. The van der Waals surface area contributed by atoms with E-state index in [0.29, 0.717) is 19.0 Å². The fourth-order valence-electron chi connectivity index (χ4n) is 2.65. The van der Waals surface area contributed by atoms with Crippen LogP contribution in [-0.4, -0.2) is 42.4 Å². The summed E-state index contributed by atoms with van der Waals surface area (Å²) >= 11 is 0. The van der Waals surface area contributed by atoms with Gasteiger partial charge in [-0.05, 0) is 31.6 Å². The van der Waals surface area contributed by atoms with Crippen LogP contribution in [0, 0.1) is 11.8 Å². The molecule has 5 nitrogen and oxygen atoms in total. The van der Waals surface area contributed by atoms with Gasteiger partial charge in [-0.1, -0.05) is 0 Å². The fourth-order valence-corrected chi connectivity index (χ4v) is 2.65. The predicted molar refractivity (Wildman–Crippen MR) is 75.9 cm³/mol. The van der Waals surface area contributed by atoms with E-state index in [1.807, 2.05) is 0 Å². The maximum absolute atomic E-state index is 12.2. The van der Waals surface area contributed by atoms with Crippen molar-refractivity contribution in [1.82, 2.24) is 10.2 Å². The molecule has 0 aromatic carbocycles. The second kappa shape index (κ2) is 7.10. The molecule has 2 atom stereocenters. The molecule has 19 heavy (non-hydrogen) atoms. The van der Waals surface area contributed by atoms with E-state index in [0.717, 1.165) is 19.4 Å². The molecule has 2 aliphatic rings. The van der Waals surface area contributed by atoms with Crippen LogP contribution < -0.4 is 11.1 Å². The van der Waals surface area contributed by atoms with Crippen LogP contribution in [0.5, 0.6) is 0 Å².